The number of hydrogen-bond acceptors (Lipinski definition) is 5. The lowest BCUT2D eigenvalue weighted by Crippen LogP contribution is -2.39. The van der Waals surface area contributed by atoms with Gasteiger partial charge in [0, 0.05) is 30.9 Å². The van der Waals surface area contributed by atoms with E-state index in [-0.39, 0.29) is 11.8 Å². The van der Waals surface area contributed by atoms with Crippen molar-refractivity contribution < 1.29 is 9.21 Å². The Hall–Kier alpha value is -2.24. The average Bonchev–Trinajstić information content (AvgIpc) is 3.02. The van der Waals surface area contributed by atoms with E-state index in [4.69, 9.17) is 4.42 Å². The van der Waals surface area contributed by atoms with Gasteiger partial charge in [-0.05, 0) is 18.9 Å². The molecule has 2 aromatic rings. The Balaban J connectivity index is 1.73. The van der Waals surface area contributed by atoms with Gasteiger partial charge in [0.05, 0.1) is 6.20 Å². The van der Waals surface area contributed by atoms with E-state index in [9.17, 15) is 4.79 Å². The molecule has 1 amide bonds. The smallest absolute Gasteiger partial charge is 0.291 e. The SMILES string of the molecule is O=C(c1cnco1)N1CCC[C@H](c2ccncn2)C1. The molecule has 0 aliphatic carbocycles. The predicted octanol–water partition coefficient (Wildman–Crippen LogP) is 1.48. The fourth-order valence-corrected chi connectivity index (χ4v) is 2.42. The average molecular weight is 258 g/mol. The van der Waals surface area contributed by atoms with Crippen molar-refractivity contribution in [3.8, 4) is 0 Å². The molecule has 0 aromatic carbocycles. The largest absolute Gasteiger partial charge is 0.438 e. The lowest BCUT2D eigenvalue weighted by Gasteiger charge is -2.31. The minimum Gasteiger partial charge on any atom is -0.438 e. The number of nitrogens with zero attached hydrogens (tertiary/aromatic N) is 4. The number of oxazole rings is 1. The van der Waals surface area contributed by atoms with Gasteiger partial charge in [0.25, 0.3) is 5.91 Å². The van der Waals surface area contributed by atoms with Gasteiger partial charge in [-0.3, -0.25) is 4.79 Å². The molecule has 0 radical (unpaired) electrons. The number of hydrogen-bond donors (Lipinski definition) is 0. The van der Waals surface area contributed by atoms with Crippen molar-refractivity contribution >= 4 is 5.91 Å². The summed E-state index contributed by atoms with van der Waals surface area (Å²) in [4.78, 5) is 26.0. The highest BCUT2D eigenvalue weighted by atomic mass is 16.3. The molecule has 19 heavy (non-hydrogen) atoms. The standard InChI is InChI=1S/C13H14N4O2/c18-13(12-6-15-9-19-12)17-5-1-2-10(7-17)11-3-4-14-8-16-11/h3-4,6,8-10H,1-2,5,7H2/t10-/m0/s1. The van der Waals surface area contributed by atoms with E-state index < -0.39 is 0 Å². The molecule has 0 bridgehead atoms. The molecule has 0 spiro atoms. The third-order valence-corrected chi connectivity index (χ3v) is 3.37. The van der Waals surface area contributed by atoms with Crippen molar-refractivity contribution in [2.24, 2.45) is 0 Å². The number of amides is 1. The zero-order valence-corrected chi connectivity index (χ0v) is 10.4. The lowest BCUT2D eigenvalue weighted by atomic mass is 9.94. The van der Waals surface area contributed by atoms with Crippen LogP contribution in [0.1, 0.15) is 35.0 Å². The minimum atomic E-state index is -0.101. The zero-order valence-electron chi connectivity index (χ0n) is 10.4. The van der Waals surface area contributed by atoms with Gasteiger partial charge in [0.2, 0.25) is 5.76 Å². The second-order valence-electron chi connectivity index (χ2n) is 4.59. The summed E-state index contributed by atoms with van der Waals surface area (Å²) in [5.41, 5.74) is 0.991. The van der Waals surface area contributed by atoms with E-state index in [2.05, 4.69) is 15.0 Å². The number of aromatic nitrogens is 3. The normalized spacial score (nSPS) is 19.4. The van der Waals surface area contributed by atoms with Crippen LogP contribution >= 0.6 is 0 Å². The van der Waals surface area contributed by atoms with E-state index in [1.54, 1.807) is 17.4 Å². The fraction of sp³-hybridized carbons (Fsp3) is 0.385. The maximum Gasteiger partial charge on any atom is 0.291 e. The summed E-state index contributed by atoms with van der Waals surface area (Å²) in [6.07, 6.45) is 8.02. The molecule has 2 aromatic heterocycles. The molecule has 0 N–H and O–H groups in total. The number of piperidine rings is 1. The van der Waals surface area contributed by atoms with Crippen molar-refractivity contribution in [3.63, 3.8) is 0 Å². The first-order chi connectivity index (χ1) is 9.34. The molecular weight excluding hydrogens is 244 g/mol. The molecular formula is C13H14N4O2. The van der Waals surface area contributed by atoms with Crippen molar-refractivity contribution in [3.05, 3.63) is 42.6 Å². The third-order valence-electron chi connectivity index (χ3n) is 3.37. The molecule has 1 aliphatic rings. The molecule has 0 unspecified atom stereocenters. The van der Waals surface area contributed by atoms with Crippen molar-refractivity contribution in [1.82, 2.24) is 19.9 Å². The quantitative estimate of drug-likeness (QED) is 0.816. The molecule has 3 rings (SSSR count). The van der Waals surface area contributed by atoms with E-state index >= 15 is 0 Å². The second-order valence-corrected chi connectivity index (χ2v) is 4.59. The zero-order chi connectivity index (χ0) is 13.1. The number of rotatable bonds is 2. The molecule has 3 heterocycles. The molecule has 1 atom stereocenters. The molecule has 0 saturated carbocycles. The molecule has 1 saturated heterocycles. The van der Waals surface area contributed by atoms with Crippen molar-refractivity contribution in [2.75, 3.05) is 13.1 Å². The van der Waals surface area contributed by atoms with Crippen molar-refractivity contribution in [2.45, 2.75) is 18.8 Å². The maximum atomic E-state index is 12.2. The van der Waals surface area contributed by atoms with Crippen molar-refractivity contribution in [1.29, 1.82) is 0 Å². The molecule has 1 aliphatic heterocycles. The van der Waals surface area contributed by atoms with Crippen LogP contribution in [-0.4, -0.2) is 38.8 Å². The summed E-state index contributed by atoms with van der Waals surface area (Å²) in [6.45, 7) is 1.41. The van der Waals surface area contributed by atoms with E-state index in [0.717, 1.165) is 25.1 Å². The fourth-order valence-electron chi connectivity index (χ4n) is 2.42. The van der Waals surface area contributed by atoms with Crippen LogP contribution in [0.25, 0.3) is 0 Å². The summed E-state index contributed by atoms with van der Waals surface area (Å²) < 4.78 is 5.06. The van der Waals surface area contributed by atoms with Crippen LogP contribution in [0.4, 0.5) is 0 Å². The van der Waals surface area contributed by atoms with Crippen LogP contribution in [0.2, 0.25) is 0 Å². The molecule has 6 nitrogen and oxygen atoms in total. The maximum absolute atomic E-state index is 12.2. The van der Waals surface area contributed by atoms with Crippen LogP contribution in [-0.2, 0) is 0 Å². The Labute approximate surface area is 110 Å². The van der Waals surface area contributed by atoms with Crippen LogP contribution < -0.4 is 0 Å². The number of carbonyl (C=O) groups excluding carboxylic acids is 1. The van der Waals surface area contributed by atoms with Gasteiger partial charge in [-0.15, -0.1) is 0 Å². The van der Waals surface area contributed by atoms with E-state index in [1.165, 1.54) is 12.6 Å². The summed E-state index contributed by atoms with van der Waals surface area (Å²) in [5.74, 6) is 0.461. The molecule has 98 valence electrons. The first kappa shape index (κ1) is 11.8. The summed E-state index contributed by atoms with van der Waals surface area (Å²) in [5, 5.41) is 0. The Morgan fingerprint density at radius 3 is 3.11 bits per heavy atom. The van der Waals surface area contributed by atoms with Gasteiger partial charge in [-0.25, -0.2) is 15.0 Å². The number of carbonyl (C=O) groups is 1. The molecule has 6 heteroatoms. The van der Waals surface area contributed by atoms with Gasteiger partial charge in [-0.1, -0.05) is 0 Å². The van der Waals surface area contributed by atoms with Gasteiger partial charge in [0.15, 0.2) is 6.39 Å². The Kier molecular flexibility index (Phi) is 3.22. The lowest BCUT2D eigenvalue weighted by molar-refractivity contribution is 0.0673. The van der Waals surface area contributed by atoms with Crippen LogP contribution in [0.3, 0.4) is 0 Å². The first-order valence-corrected chi connectivity index (χ1v) is 6.28. The minimum absolute atomic E-state index is 0.101. The highest BCUT2D eigenvalue weighted by Crippen LogP contribution is 2.25. The van der Waals surface area contributed by atoms with Gasteiger partial charge < -0.3 is 9.32 Å². The number of likely N-dealkylation sites (tertiary alicyclic amines) is 1. The van der Waals surface area contributed by atoms with Crippen LogP contribution in [0, 0.1) is 0 Å². The first-order valence-electron chi connectivity index (χ1n) is 6.28. The summed E-state index contributed by atoms with van der Waals surface area (Å²) in [6, 6.07) is 1.91. The second kappa shape index (κ2) is 5.17. The van der Waals surface area contributed by atoms with Gasteiger partial charge >= 0.3 is 0 Å². The summed E-state index contributed by atoms with van der Waals surface area (Å²) >= 11 is 0. The van der Waals surface area contributed by atoms with Gasteiger partial charge in [-0.2, -0.15) is 0 Å². The Bertz CT molecular complexity index is 541. The topological polar surface area (TPSA) is 72.1 Å². The highest BCUT2D eigenvalue weighted by molar-refractivity contribution is 5.91. The third kappa shape index (κ3) is 2.47. The predicted molar refractivity (Wildman–Crippen MR) is 66.4 cm³/mol. The summed E-state index contributed by atoms with van der Waals surface area (Å²) in [7, 11) is 0. The molecule has 1 fully saturated rings. The van der Waals surface area contributed by atoms with E-state index in [0.29, 0.717) is 12.3 Å². The monoisotopic (exact) mass is 258 g/mol. The Morgan fingerprint density at radius 2 is 2.37 bits per heavy atom. The Morgan fingerprint density at radius 1 is 1.42 bits per heavy atom. The van der Waals surface area contributed by atoms with Gasteiger partial charge in [0.1, 0.15) is 6.33 Å². The van der Waals surface area contributed by atoms with E-state index in [1.807, 2.05) is 6.07 Å². The van der Waals surface area contributed by atoms with Crippen LogP contribution in [0.15, 0.2) is 35.6 Å². The highest BCUT2D eigenvalue weighted by Gasteiger charge is 2.27. The van der Waals surface area contributed by atoms with Crippen LogP contribution in [0.5, 0.6) is 0 Å².